The van der Waals surface area contributed by atoms with E-state index in [4.69, 9.17) is 4.42 Å². The number of carbonyl (C=O) groups excluding carboxylic acids is 2. The molecule has 0 aromatic carbocycles. The molecule has 162 valence electrons. The molecule has 1 atom stereocenters. The lowest BCUT2D eigenvalue weighted by molar-refractivity contribution is -0.858. The fourth-order valence-electron chi connectivity index (χ4n) is 4.14. The Kier molecular flexibility index (Phi) is 5.41. The van der Waals surface area contributed by atoms with E-state index in [1.54, 1.807) is 36.6 Å². The fourth-order valence-corrected chi connectivity index (χ4v) is 4.14. The maximum Gasteiger partial charge on any atom is 0.295 e. The van der Waals surface area contributed by atoms with E-state index >= 15 is 0 Å². The second-order valence-corrected chi connectivity index (χ2v) is 8.23. The van der Waals surface area contributed by atoms with Crippen molar-refractivity contribution in [2.24, 2.45) is 0 Å². The van der Waals surface area contributed by atoms with Crippen molar-refractivity contribution < 1.29 is 24.0 Å². The second kappa shape index (κ2) is 8.03. The molecule has 3 aromatic rings. The van der Waals surface area contributed by atoms with Gasteiger partial charge in [0.2, 0.25) is 0 Å². The molecule has 2 N–H and O–H groups in total. The van der Waals surface area contributed by atoms with Crippen LogP contribution in [0.1, 0.15) is 35.4 Å². The molecule has 8 heteroatoms. The number of carbonyl (C=O) groups is 2. The van der Waals surface area contributed by atoms with Gasteiger partial charge in [0.25, 0.3) is 11.7 Å². The Balaban J connectivity index is 1.86. The minimum absolute atomic E-state index is 0.0327. The molecule has 0 bridgehead atoms. The molecular formula is C23H27N4O4+. The summed E-state index contributed by atoms with van der Waals surface area (Å²) in [6.45, 7) is 4.81. The molecule has 31 heavy (non-hydrogen) atoms. The molecule has 3 aromatic heterocycles. The number of ketones is 1. The zero-order valence-electron chi connectivity index (χ0n) is 18.2. The van der Waals surface area contributed by atoms with E-state index in [1.807, 2.05) is 32.3 Å². The van der Waals surface area contributed by atoms with Gasteiger partial charge >= 0.3 is 0 Å². The molecule has 0 radical (unpaired) electrons. The van der Waals surface area contributed by atoms with Crippen LogP contribution in [-0.2, 0) is 9.59 Å². The molecular weight excluding hydrogens is 396 g/mol. The normalized spacial score (nSPS) is 18.6. The third-order valence-electron chi connectivity index (χ3n) is 5.57. The Morgan fingerprint density at radius 2 is 1.97 bits per heavy atom. The highest BCUT2D eigenvalue weighted by Gasteiger charge is 2.47. The maximum absolute atomic E-state index is 13.1. The predicted octanol–water partition coefficient (Wildman–Crippen LogP) is 1.50. The highest BCUT2D eigenvalue weighted by molar-refractivity contribution is 6.46. The molecule has 8 nitrogen and oxygen atoms in total. The summed E-state index contributed by atoms with van der Waals surface area (Å²) in [5, 5.41) is 11.3. The Morgan fingerprint density at radius 3 is 2.65 bits per heavy atom. The number of hydrogen-bond acceptors (Lipinski definition) is 5. The van der Waals surface area contributed by atoms with Gasteiger partial charge in [0, 0.05) is 19.2 Å². The van der Waals surface area contributed by atoms with Crippen LogP contribution in [0.25, 0.3) is 11.4 Å². The number of aryl methyl sites for hydroxylation is 2. The van der Waals surface area contributed by atoms with Gasteiger partial charge < -0.3 is 19.3 Å². The molecule has 4 heterocycles. The lowest BCUT2D eigenvalue weighted by Crippen LogP contribution is -3.05. The number of aliphatic hydroxyl groups is 1. The van der Waals surface area contributed by atoms with Gasteiger partial charge in [-0.15, -0.1) is 0 Å². The Morgan fingerprint density at radius 1 is 1.19 bits per heavy atom. The van der Waals surface area contributed by atoms with E-state index in [0.29, 0.717) is 35.1 Å². The molecule has 0 spiro atoms. The quantitative estimate of drug-likeness (QED) is 0.356. The average Bonchev–Trinajstić information content (AvgIpc) is 3.36. The lowest BCUT2D eigenvalue weighted by atomic mass is 10.0. The van der Waals surface area contributed by atoms with Crippen LogP contribution in [0, 0.1) is 13.8 Å². The second-order valence-electron chi connectivity index (χ2n) is 8.23. The highest BCUT2D eigenvalue weighted by atomic mass is 16.3. The van der Waals surface area contributed by atoms with E-state index in [1.165, 1.54) is 9.80 Å². The summed E-state index contributed by atoms with van der Waals surface area (Å²) in [5.74, 6) is -0.444. The summed E-state index contributed by atoms with van der Waals surface area (Å²) >= 11 is 0. The van der Waals surface area contributed by atoms with E-state index < -0.39 is 17.7 Å². The minimum atomic E-state index is -0.778. The number of amides is 1. The number of Topliss-reactive ketones (excluding diaryl/α,β-unsaturated/α-hetero) is 1. The molecule has 4 rings (SSSR count). The molecule has 1 amide bonds. The van der Waals surface area contributed by atoms with Gasteiger partial charge in [-0.2, -0.15) is 0 Å². The van der Waals surface area contributed by atoms with Crippen molar-refractivity contribution in [2.75, 3.05) is 27.2 Å². The van der Waals surface area contributed by atoms with Crippen molar-refractivity contribution in [1.82, 2.24) is 14.3 Å². The number of nitrogens with zero attached hydrogens (tertiary/aromatic N) is 3. The first-order chi connectivity index (χ1) is 14.8. The third kappa shape index (κ3) is 3.63. The zero-order valence-corrected chi connectivity index (χ0v) is 18.2. The fraction of sp³-hybridized carbons (Fsp3) is 0.348. The van der Waals surface area contributed by atoms with Gasteiger partial charge in [-0.3, -0.25) is 14.0 Å². The van der Waals surface area contributed by atoms with Crippen LogP contribution in [-0.4, -0.2) is 58.3 Å². The third-order valence-corrected chi connectivity index (χ3v) is 5.57. The SMILES string of the molecule is Cc1ccc([C@H]2/C(=C(/O)c3c(C)nc4ccccn34)C(=O)C(=O)N2CCC[NH+](C)C)o1. The molecule has 1 aliphatic rings. The number of aliphatic hydroxyl groups excluding tert-OH is 1. The van der Waals surface area contributed by atoms with Crippen molar-refractivity contribution in [1.29, 1.82) is 0 Å². The number of quaternary nitrogens is 1. The largest absolute Gasteiger partial charge is 0.505 e. The Bertz CT molecular complexity index is 1190. The highest BCUT2D eigenvalue weighted by Crippen LogP contribution is 2.40. The Hall–Kier alpha value is -3.39. The topological polar surface area (TPSA) is 92.5 Å². The van der Waals surface area contributed by atoms with Crippen molar-refractivity contribution >= 4 is 23.1 Å². The number of rotatable bonds is 6. The van der Waals surface area contributed by atoms with Gasteiger partial charge in [-0.1, -0.05) is 6.07 Å². The molecule has 1 aliphatic heterocycles. The van der Waals surface area contributed by atoms with E-state index in [0.717, 1.165) is 13.0 Å². The van der Waals surface area contributed by atoms with E-state index in [9.17, 15) is 14.7 Å². The zero-order chi connectivity index (χ0) is 22.3. The Labute approximate surface area is 180 Å². The first-order valence-electron chi connectivity index (χ1n) is 10.4. The van der Waals surface area contributed by atoms with Crippen LogP contribution < -0.4 is 4.90 Å². The number of likely N-dealkylation sites (tertiary alicyclic amines) is 1. The van der Waals surface area contributed by atoms with Gasteiger partial charge in [-0.25, -0.2) is 4.98 Å². The summed E-state index contributed by atoms with van der Waals surface area (Å²) < 4.78 is 7.54. The van der Waals surface area contributed by atoms with Gasteiger partial charge in [0.15, 0.2) is 5.76 Å². The summed E-state index contributed by atoms with van der Waals surface area (Å²) in [7, 11) is 4.07. The molecule has 0 saturated carbocycles. The molecule has 1 saturated heterocycles. The summed E-state index contributed by atoms with van der Waals surface area (Å²) in [6, 6.07) is 8.26. The first-order valence-corrected chi connectivity index (χ1v) is 10.4. The van der Waals surface area contributed by atoms with E-state index in [2.05, 4.69) is 4.98 Å². The first kappa shape index (κ1) is 20.9. The number of furan rings is 1. The predicted molar refractivity (Wildman–Crippen MR) is 115 cm³/mol. The molecule has 1 fully saturated rings. The van der Waals surface area contributed by atoms with Crippen molar-refractivity contribution in [2.45, 2.75) is 26.3 Å². The van der Waals surface area contributed by atoms with Crippen molar-refractivity contribution in [3.63, 3.8) is 0 Å². The number of imidazole rings is 1. The van der Waals surface area contributed by atoms with Gasteiger partial charge in [-0.05, 0) is 38.1 Å². The summed E-state index contributed by atoms with van der Waals surface area (Å²) in [4.78, 5) is 33.3. The van der Waals surface area contributed by atoms with Crippen LogP contribution in [0.15, 0.2) is 46.5 Å². The van der Waals surface area contributed by atoms with Crippen LogP contribution >= 0.6 is 0 Å². The average molecular weight is 423 g/mol. The monoisotopic (exact) mass is 423 g/mol. The molecule has 0 aliphatic carbocycles. The smallest absolute Gasteiger partial charge is 0.295 e. The van der Waals surface area contributed by atoms with Crippen LogP contribution in [0.3, 0.4) is 0 Å². The van der Waals surface area contributed by atoms with Crippen molar-refractivity contribution in [3.05, 3.63) is 65.0 Å². The van der Waals surface area contributed by atoms with Crippen LogP contribution in [0.5, 0.6) is 0 Å². The van der Waals surface area contributed by atoms with Crippen LogP contribution in [0.2, 0.25) is 0 Å². The lowest BCUT2D eigenvalue weighted by Gasteiger charge is -2.23. The number of aromatic nitrogens is 2. The van der Waals surface area contributed by atoms with Crippen LogP contribution in [0.4, 0.5) is 0 Å². The standard InChI is InChI=1S/C23H26N4O4/c1-14-9-10-16(31-14)20-18(22(29)23(30)27(20)13-7-11-25(3)4)21(28)19-15(2)24-17-8-5-6-12-26(17)19/h5-6,8-10,12,20,28H,7,11,13H2,1-4H3/p+1/b21-18-/t20-/m0/s1. The number of fused-ring (bicyclic) bond motifs is 1. The van der Waals surface area contributed by atoms with Gasteiger partial charge in [0.05, 0.1) is 31.9 Å². The summed E-state index contributed by atoms with van der Waals surface area (Å²) in [5.41, 5.74) is 1.65. The number of nitrogens with one attached hydrogen (secondary N) is 1. The molecule has 0 unspecified atom stereocenters. The minimum Gasteiger partial charge on any atom is -0.505 e. The van der Waals surface area contributed by atoms with Crippen molar-refractivity contribution in [3.8, 4) is 0 Å². The number of hydrogen-bond donors (Lipinski definition) is 2. The summed E-state index contributed by atoms with van der Waals surface area (Å²) in [6.07, 6.45) is 2.49. The van der Waals surface area contributed by atoms with E-state index in [-0.39, 0.29) is 11.3 Å². The maximum atomic E-state index is 13.1. The number of pyridine rings is 1. The van der Waals surface area contributed by atoms with Gasteiger partial charge in [0.1, 0.15) is 28.9 Å².